The van der Waals surface area contributed by atoms with E-state index in [1.165, 1.54) is 16.7 Å². The van der Waals surface area contributed by atoms with Crippen molar-refractivity contribution in [1.29, 1.82) is 0 Å². The van der Waals surface area contributed by atoms with Gasteiger partial charge in [0.15, 0.2) is 11.0 Å². The molecule has 4 aromatic rings. The predicted octanol–water partition coefficient (Wildman–Crippen LogP) is 7.35. The molecule has 0 unspecified atom stereocenters. The van der Waals surface area contributed by atoms with Crippen molar-refractivity contribution in [3.8, 4) is 17.1 Å². The first-order chi connectivity index (χ1) is 15.4. The van der Waals surface area contributed by atoms with E-state index in [-0.39, 0.29) is 5.41 Å². The van der Waals surface area contributed by atoms with Gasteiger partial charge < -0.3 is 0 Å². The van der Waals surface area contributed by atoms with Gasteiger partial charge >= 0.3 is 0 Å². The van der Waals surface area contributed by atoms with E-state index in [4.69, 9.17) is 0 Å². The highest BCUT2D eigenvalue weighted by atomic mass is 32.2. The van der Waals surface area contributed by atoms with Gasteiger partial charge in [0.25, 0.3) is 0 Å². The molecule has 0 saturated carbocycles. The summed E-state index contributed by atoms with van der Waals surface area (Å²) in [5.41, 5.74) is 6.01. The minimum Gasteiger partial charge on any atom is -0.270 e. The highest BCUT2D eigenvalue weighted by Gasteiger charge is 2.18. The van der Waals surface area contributed by atoms with Crippen molar-refractivity contribution in [2.75, 3.05) is 5.75 Å². The maximum Gasteiger partial charge on any atom is 0.196 e. The monoisotopic (exact) mass is 439 g/mol. The number of hydrogen-bond donors (Lipinski definition) is 0. The van der Waals surface area contributed by atoms with Gasteiger partial charge in [-0.25, -0.2) is 0 Å². The summed E-state index contributed by atoms with van der Waals surface area (Å²) in [6.45, 7) is 8.80. The highest BCUT2D eigenvalue weighted by molar-refractivity contribution is 7.99. The van der Waals surface area contributed by atoms with Crippen LogP contribution >= 0.6 is 11.8 Å². The normalized spacial score (nSPS) is 11.9. The molecule has 3 nitrogen and oxygen atoms in total. The molecule has 0 radical (unpaired) electrons. The molecule has 162 valence electrons. The molecule has 0 aliphatic heterocycles. The van der Waals surface area contributed by atoms with Crippen molar-refractivity contribution in [3.63, 3.8) is 0 Å². The van der Waals surface area contributed by atoms with Crippen LogP contribution in [0.4, 0.5) is 0 Å². The minimum absolute atomic E-state index is 0.120. The van der Waals surface area contributed by atoms with Crippen LogP contribution in [0.1, 0.15) is 37.5 Å². The Labute approximate surface area is 195 Å². The summed E-state index contributed by atoms with van der Waals surface area (Å²) in [5.74, 6) is 1.69. The van der Waals surface area contributed by atoms with E-state index in [0.717, 1.165) is 28.0 Å². The standard InChI is InChI=1S/C28H29N3S/c1-21-12-18-25(19-13-21)31-26(23-14-16-24(17-15-23)28(2,3)4)29-30-27(31)32-20-8-11-22-9-6-5-7-10-22/h5-19H,20H2,1-4H3. The first kappa shape index (κ1) is 22.1. The summed E-state index contributed by atoms with van der Waals surface area (Å²) < 4.78 is 2.16. The highest BCUT2D eigenvalue weighted by Crippen LogP contribution is 2.30. The van der Waals surface area contributed by atoms with Crippen LogP contribution in [-0.4, -0.2) is 20.5 Å². The molecule has 0 fully saturated rings. The number of hydrogen-bond acceptors (Lipinski definition) is 3. The average molecular weight is 440 g/mol. The molecule has 4 rings (SSSR count). The SMILES string of the molecule is Cc1ccc(-n2c(SCC=Cc3ccccc3)nnc2-c2ccc(C(C)(C)C)cc2)cc1. The molecular formula is C28H29N3S. The lowest BCUT2D eigenvalue weighted by atomic mass is 9.87. The lowest BCUT2D eigenvalue weighted by Gasteiger charge is -2.19. The zero-order valence-electron chi connectivity index (χ0n) is 19.1. The molecule has 0 N–H and O–H groups in total. The predicted molar refractivity (Wildman–Crippen MR) is 136 cm³/mol. The van der Waals surface area contributed by atoms with Gasteiger partial charge in [0.2, 0.25) is 0 Å². The Morgan fingerprint density at radius 3 is 2.19 bits per heavy atom. The van der Waals surface area contributed by atoms with Crippen molar-refractivity contribution in [1.82, 2.24) is 14.8 Å². The fourth-order valence-electron chi connectivity index (χ4n) is 3.47. The zero-order chi connectivity index (χ0) is 22.6. The van der Waals surface area contributed by atoms with Gasteiger partial charge in [-0.2, -0.15) is 0 Å². The van der Waals surface area contributed by atoms with Gasteiger partial charge in [0.1, 0.15) is 0 Å². The second-order valence-corrected chi connectivity index (χ2v) is 9.92. The van der Waals surface area contributed by atoms with Crippen LogP contribution in [0.2, 0.25) is 0 Å². The Morgan fingerprint density at radius 1 is 0.844 bits per heavy atom. The van der Waals surface area contributed by atoms with Crippen molar-refractivity contribution in [3.05, 3.63) is 102 Å². The number of aromatic nitrogens is 3. The third-order valence-electron chi connectivity index (χ3n) is 5.35. The quantitative estimate of drug-likeness (QED) is 0.294. The van der Waals surface area contributed by atoms with Crippen LogP contribution in [-0.2, 0) is 5.41 Å². The van der Waals surface area contributed by atoms with Gasteiger partial charge in [-0.3, -0.25) is 4.57 Å². The summed E-state index contributed by atoms with van der Waals surface area (Å²) in [6, 6.07) is 27.6. The fourth-order valence-corrected chi connectivity index (χ4v) is 4.23. The first-order valence-electron chi connectivity index (χ1n) is 10.9. The maximum atomic E-state index is 4.58. The Bertz CT molecular complexity index is 1180. The fraction of sp³-hybridized carbons (Fsp3) is 0.214. The summed E-state index contributed by atoms with van der Waals surface area (Å²) in [6.07, 6.45) is 4.32. The molecule has 1 heterocycles. The Hall–Kier alpha value is -3.11. The number of nitrogens with zero attached hydrogens (tertiary/aromatic N) is 3. The number of rotatable bonds is 6. The second-order valence-electron chi connectivity index (χ2n) is 8.93. The molecule has 0 aliphatic carbocycles. The summed E-state index contributed by atoms with van der Waals surface area (Å²) in [5, 5.41) is 10.0. The van der Waals surface area contributed by atoms with E-state index in [1.54, 1.807) is 11.8 Å². The third-order valence-corrected chi connectivity index (χ3v) is 6.23. The molecule has 32 heavy (non-hydrogen) atoms. The number of benzene rings is 3. The van der Waals surface area contributed by atoms with Gasteiger partial charge in [0, 0.05) is 17.0 Å². The van der Waals surface area contributed by atoms with E-state index >= 15 is 0 Å². The van der Waals surface area contributed by atoms with E-state index in [0.29, 0.717) is 0 Å². The van der Waals surface area contributed by atoms with Crippen molar-refractivity contribution in [2.24, 2.45) is 0 Å². The molecule has 3 aromatic carbocycles. The Balaban J connectivity index is 1.64. The molecule has 0 saturated heterocycles. The molecule has 0 aliphatic rings. The van der Waals surface area contributed by atoms with Crippen molar-refractivity contribution in [2.45, 2.75) is 38.3 Å². The molecule has 1 aromatic heterocycles. The molecule has 0 spiro atoms. The first-order valence-corrected chi connectivity index (χ1v) is 11.9. The smallest absolute Gasteiger partial charge is 0.196 e. The molecule has 0 bridgehead atoms. The van der Waals surface area contributed by atoms with Crippen LogP contribution in [0, 0.1) is 6.92 Å². The van der Waals surface area contributed by atoms with E-state index in [2.05, 4.69) is 127 Å². The van der Waals surface area contributed by atoms with Crippen LogP contribution in [0.5, 0.6) is 0 Å². The topological polar surface area (TPSA) is 30.7 Å². The van der Waals surface area contributed by atoms with Gasteiger partial charge in [0.05, 0.1) is 0 Å². The second kappa shape index (κ2) is 9.58. The Kier molecular flexibility index (Phi) is 6.61. The molecule has 0 atom stereocenters. The average Bonchev–Trinajstić information content (AvgIpc) is 3.21. The van der Waals surface area contributed by atoms with E-state index in [9.17, 15) is 0 Å². The van der Waals surface area contributed by atoms with Crippen molar-refractivity contribution >= 4 is 17.8 Å². The zero-order valence-corrected chi connectivity index (χ0v) is 19.9. The van der Waals surface area contributed by atoms with Crippen LogP contribution in [0.15, 0.2) is 90.1 Å². The largest absolute Gasteiger partial charge is 0.270 e. The van der Waals surface area contributed by atoms with E-state index in [1.807, 2.05) is 6.07 Å². The van der Waals surface area contributed by atoms with Crippen LogP contribution < -0.4 is 0 Å². The van der Waals surface area contributed by atoms with Crippen molar-refractivity contribution < 1.29 is 0 Å². The van der Waals surface area contributed by atoms with E-state index < -0.39 is 0 Å². The lowest BCUT2D eigenvalue weighted by molar-refractivity contribution is 0.590. The summed E-state index contributed by atoms with van der Waals surface area (Å²) in [7, 11) is 0. The third kappa shape index (κ3) is 5.20. The molecular weight excluding hydrogens is 410 g/mol. The maximum absolute atomic E-state index is 4.58. The minimum atomic E-state index is 0.120. The van der Waals surface area contributed by atoms with Crippen LogP contribution in [0.25, 0.3) is 23.2 Å². The van der Waals surface area contributed by atoms with Gasteiger partial charge in [-0.05, 0) is 35.6 Å². The Morgan fingerprint density at radius 2 is 1.53 bits per heavy atom. The van der Waals surface area contributed by atoms with Gasteiger partial charge in [-0.1, -0.05) is 117 Å². The van der Waals surface area contributed by atoms with Crippen LogP contribution in [0.3, 0.4) is 0 Å². The lowest BCUT2D eigenvalue weighted by Crippen LogP contribution is -2.10. The number of thioether (sulfide) groups is 1. The summed E-state index contributed by atoms with van der Waals surface area (Å²) in [4.78, 5) is 0. The molecule has 4 heteroatoms. The number of aryl methyl sites for hydroxylation is 1. The summed E-state index contributed by atoms with van der Waals surface area (Å²) >= 11 is 1.69. The van der Waals surface area contributed by atoms with Gasteiger partial charge in [-0.15, -0.1) is 10.2 Å². The molecule has 0 amide bonds.